The van der Waals surface area contributed by atoms with E-state index in [1.807, 2.05) is 20.8 Å². The molecule has 7 nitrogen and oxygen atoms in total. The highest BCUT2D eigenvalue weighted by atomic mass is 32.2. The van der Waals surface area contributed by atoms with E-state index in [0.29, 0.717) is 48.7 Å². The third-order valence-corrected chi connectivity index (χ3v) is 7.84. The van der Waals surface area contributed by atoms with Crippen molar-refractivity contribution in [1.82, 2.24) is 9.21 Å². The van der Waals surface area contributed by atoms with Crippen LogP contribution in [0.1, 0.15) is 36.5 Å². The SMILES string of the molecule is COc1cc(C)c(S(=O)(=O)N2CCC(N3CC(C)OC3=O)CC2)c(C)c1C. The first-order chi connectivity index (χ1) is 12.7. The highest BCUT2D eigenvalue weighted by Crippen LogP contribution is 2.34. The highest BCUT2D eigenvalue weighted by Gasteiger charge is 2.38. The summed E-state index contributed by atoms with van der Waals surface area (Å²) < 4.78 is 38.7. The van der Waals surface area contributed by atoms with Crippen LogP contribution in [0.5, 0.6) is 5.75 Å². The maximum absolute atomic E-state index is 13.3. The van der Waals surface area contributed by atoms with E-state index in [1.54, 1.807) is 25.0 Å². The Balaban J connectivity index is 1.80. The van der Waals surface area contributed by atoms with E-state index in [4.69, 9.17) is 9.47 Å². The summed E-state index contributed by atoms with van der Waals surface area (Å²) in [7, 11) is -2.01. The molecular formula is C19H28N2O5S. The minimum absolute atomic E-state index is 0.0358. The minimum Gasteiger partial charge on any atom is -0.496 e. The van der Waals surface area contributed by atoms with E-state index in [2.05, 4.69) is 0 Å². The Bertz CT molecular complexity index is 844. The number of benzene rings is 1. The lowest BCUT2D eigenvalue weighted by Crippen LogP contribution is -2.47. The number of hydrogen-bond acceptors (Lipinski definition) is 5. The van der Waals surface area contributed by atoms with Gasteiger partial charge in [0.2, 0.25) is 10.0 Å². The molecule has 2 saturated heterocycles. The normalized spacial score (nSPS) is 22.2. The Morgan fingerprint density at radius 1 is 1.15 bits per heavy atom. The van der Waals surface area contributed by atoms with Crippen molar-refractivity contribution in [2.75, 3.05) is 26.7 Å². The van der Waals surface area contributed by atoms with Crippen LogP contribution in [-0.4, -0.2) is 62.6 Å². The summed E-state index contributed by atoms with van der Waals surface area (Å²) in [5.74, 6) is 0.698. The van der Waals surface area contributed by atoms with Gasteiger partial charge in [0.1, 0.15) is 11.9 Å². The number of hydrogen-bond donors (Lipinski definition) is 0. The van der Waals surface area contributed by atoms with Crippen molar-refractivity contribution in [3.8, 4) is 5.75 Å². The molecule has 150 valence electrons. The van der Waals surface area contributed by atoms with Crippen molar-refractivity contribution in [2.45, 2.75) is 57.6 Å². The molecule has 2 aliphatic heterocycles. The lowest BCUT2D eigenvalue weighted by atomic mass is 10.1. The van der Waals surface area contributed by atoms with Gasteiger partial charge in [-0.15, -0.1) is 0 Å². The smallest absolute Gasteiger partial charge is 0.410 e. The van der Waals surface area contributed by atoms with Gasteiger partial charge < -0.3 is 14.4 Å². The van der Waals surface area contributed by atoms with Gasteiger partial charge in [-0.2, -0.15) is 4.31 Å². The van der Waals surface area contributed by atoms with E-state index in [9.17, 15) is 13.2 Å². The fourth-order valence-corrected chi connectivity index (χ4v) is 6.04. The van der Waals surface area contributed by atoms with E-state index in [-0.39, 0.29) is 18.2 Å². The molecule has 1 aromatic rings. The molecule has 1 amide bonds. The Morgan fingerprint density at radius 3 is 2.30 bits per heavy atom. The largest absolute Gasteiger partial charge is 0.496 e. The second-order valence-corrected chi connectivity index (χ2v) is 9.33. The van der Waals surface area contributed by atoms with Gasteiger partial charge in [-0.25, -0.2) is 13.2 Å². The number of nitrogens with zero attached hydrogens (tertiary/aromatic N) is 2. The topological polar surface area (TPSA) is 76.2 Å². The zero-order valence-electron chi connectivity index (χ0n) is 16.6. The van der Waals surface area contributed by atoms with Crippen LogP contribution in [0.2, 0.25) is 0 Å². The molecule has 2 aliphatic rings. The van der Waals surface area contributed by atoms with Gasteiger partial charge in [0.25, 0.3) is 0 Å². The number of sulfonamides is 1. The van der Waals surface area contributed by atoms with Crippen LogP contribution in [0.25, 0.3) is 0 Å². The molecule has 1 atom stereocenters. The number of aryl methyl sites for hydroxylation is 1. The maximum Gasteiger partial charge on any atom is 0.410 e. The van der Waals surface area contributed by atoms with Crippen molar-refractivity contribution in [3.63, 3.8) is 0 Å². The molecule has 0 N–H and O–H groups in total. The maximum atomic E-state index is 13.3. The van der Waals surface area contributed by atoms with Crippen LogP contribution in [0.3, 0.4) is 0 Å². The molecule has 1 unspecified atom stereocenters. The number of piperidine rings is 1. The zero-order chi connectivity index (χ0) is 19.9. The van der Waals surface area contributed by atoms with Crippen molar-refractivity contribution < 1.29 is 22.7 Å². The molecule has 27 heavy (non-hydrogen) atoms. The number of ether oxygens (including phenoxy) is 2. The van der Waals surface area contributed by atoms with Crippen LogP contribution in [0.15, 0.2) is 11.0 Å². The third kappa shape index (κ3) is 3.52. The van der Waals surface area contributed by atoms with Gasteiger partial charge in [0.05, 0.1) is 18.6 Å². The summed E-state index contributed by atoms with van der Waals surface area (Å²) in [6.45, 7) is 8.74. The first-order valence-corrected chi connectivity index (χ1v) is 10.7. The average molecular weight is 397 g/mol. The van der Waals surface area contributed by atoms with E-state index in [1.165, 1.54) is 4.31 Å². The molecule has 3 rings (SSSR count). The zero-order valence-corrected chi connectivity index (χ0v) is 17.4. The molecule has 2 heterocycles. The molecule has 0 aromatic heterocycles. The summed E-state index contributed by atoms with van der Waals surface area (Å²) in [6.07, 6.45) is 0.843. The Kier molecular flexibility index (Phi) is 5.40. The van der Waals surface area contributed by atoms with Gasteiger partial charge in [-0.3, -0.25) is 0 Å². The molecule has 0 aliphatic carbocycles. The minimum atomic E-state index is -3.60. The first-order valence-electron chi connectivity index (χ1n) is 9.29. The lowest BCUT2D eigenvalue weighted by molar-refractivity contribution is 0.124. The predicted molar refractivity (Wildman–Crippen MR) is 102 cm³/mol. The van der Waals surface area contributed by atoms with Gasteiger partial charge >= 0.3 is 6.09 Å². The molecule has 0 saturated carbocycles. The van der Waals surface area contributed by atoms with Crippen molar-refractivity contribution in [2.24, 2.45) is 0 Å². The van der Waals surface area contributed by atoms with E-state index < -0.39 is 10.0 Å². The van der Waals surface area contributed by atoms with Crippen LogP contribution in [0, 0.1) is 20.8 Å². The quantitative estimate of drug-likeness (QED) is 0.782. The number of cyclic esters (lactones) is 1. The standard InChI is InChI=1S/C19H28N2O5S/c1-12-10-17(25-5)14(3)15(4)18(12)27(23,24)20-8-6-16(7-9-20)21-11-13(2)26-19(21)22/h10,13,16H,6-9,11H2,1-5H3. The number of rotatable bonds is 4. The van der Waals surface area contributed by atoms with Gasteiger partial charge in [0, 0.05) is 19.1 Å². The number of carbonyl (C=O) groups excluding carboxylic acids is 1. The van der Waals surface area contributed by atoms with Gasteiger partial charge in [0.15, 0.2) is 0 Å². The molecule has 0 bridgehead atoms. The molecule has 0 radical (unpaired) electrons. The molecule has 1 aromatic carbocycles. The van der Waals surface area contributed by atoms with Crippen molar-refractivity contribution in [1.29, 1.82) is 0 Å². The Hall–Kier alpha value is -1.80. The van der Waals surface area contributed by atoms with Gasteiger partial charge in [-0.1, -0.05) is 0 Å². The van der Waals surface area contributed by atoms with Crippen LogP contribution < -0.4 is 4.74 Å². The summed E-state index contributed by atoms with van der Waals surface area (Å²) in [4.78, 5) is 14.0. The summed E-state index contributed by atoms with van der Waals surface area (Å²) in [5.41, 5.74) is 2.25. The fourth-order valence-electron chi connectivity index (χ4n) is 4.08. The Labute approximate surface area is 161 Å². The average Bonchev–Trinajstić information content (AvgIpc) is 2.96. The Morgan fingerprint density at radius 2 is 1.78 bits per heavy atom. The first kappa shape index (κ1) is 19.9. The predicted octanol–water partition coefficient (Wildman–Crippen LogP) is 2.61. The van der Waals surface area contributed by atoms with Gasteiger partial charge in [-0.05, 0) is 63.3 Å². The fraction of sp³-hybridized carbons (Fsp3) is 0.632. The lowest BCUT2D eigenvalue weighted by Gasteiger charge is -2.35. The highest BCUT2D eigenvalue weighted by molar-refractivity contribution is 7.89. The van der Waals surface area contributed by atoms with E-state index >= 15 is 0 Å². The number of methoxy groups -OCH3 is 1. The van der Waals surface area contributed by atoms with Crippen LogP contribution in [-0.2, 0) is 14.8 Å². The molecule has 2 fully saturated rings. The van der Waals surface area contributed by atoms with E-state index in [0.717, 1.165) is 11.1 Å². The second-order valence-electron chi connectivity index (χ2n) is 7.46. The van der Waals surface area contributed by atoms with Crippen LogP contribution in [0.4, 0.5) is 4.79 Å². The summed E-state index contributed by atoms with van der Waals surface area (Å²) >= 11 is 0. The molecule has 8 heteroatoms. The molecule has 0 spiro atoms. The summed E-state index contributed by atoms with van der Waals surface area (Å²) in [5, 5.41) is 0. The van der Waals surface area contributed by atoms with Crippen molar-refractivity contribution >= 4 is 16.1 Å². The third-order valence-electron chi connectivity index (χ3n) is 5.65. The molecular weight excluding hydrogens is 368 g/mol. The van der Waals surface area contributed by atoms with Crippen molar-refractivity contribution in [3.05, 3.63) is 22.8 Å². The number of amides is 1. The monoisotopic (exact) mass is 396 g/mol. The van der Waals surface area contributed by atoms with Crippen LogP contribution >= 0.6 is 0 Å². The summed E-state index contributed by atoms with van der Waals surface area (Å²) in [6, 6.07) is 1.82. The number of carbonyl (C=O) groups is 1. The second kappa shape index (κ2) is 7.31.